The van der Waals surface area contributed by atoms with Gasteiger partial charge >= 0.3 is 0 Å². The van der Waals surface area contributed by atoms with Crippen LogP contribution in [-0.4, -0.2) is 87.5 Å². The highest BCUT2D eigenvalue weighted by atomic mass is 16.7. The minimum absolute atomic E-state index is 0.200. The second kappa shape index (κ2) is 38.4. The van der Waals surface area contributed by atoms with Crippen molar-refractivity contribution in [3.63, 3.8) is 0 Å². The van der Waals surface area contributed by atoms with Gasteiger partial charge in [0.15, 0.2) is 6.29 Å². The summed E-state index contributed by atoms with van der Waals surface area (Å²) in [5.74, 6) is -0.200. The lowest BCUT2D eigenvalue weighted by atomic mass is 9.99. The Morgan fingerprint density at radius 3 is 1.61 bits per heavy atom. The number of hydrogen-bond acceptors (Lipinski definition) is 8. The smallest absolute Gasteiger partial charge is 0.220 e. The van der Waals surface area contributed by atoms with Crippen LogP contribution in [-0.2, 0) is 14.3 Å². The Hall–Kier alpha value is -1.85. The maximum atomic E-state index is 12.9. The van der Waals surface area contributed by atoms with Gasteiger partial charge in [0.05, 0.1) is 25.4 Å². The van der Waals surface area contributed by atoms with Crippen LogP contribution >= 0.6 is 0 Å². The number of carbonyl (C=O) groups excluding carboxylic acids is 1. The molecule has 1 fully saturated rings. The van der Waals surface area contributed by atoms with Crippen molar-refractivity contribution in [1.29, 1.82) is 0 Å². The number of aliphatic hydroxyl groups is 5. The molecule has 0 saturated carbocycles. The highest BCUT2D eigenvalue weighted by molar-refractivity contribution is 5.76. The molecule has 7 atom stereocenters. The molecule has 6 N–H and O–H groups in total. The predicted molar refractivity (Wildman–Crippen MR) is 235 cm³/mol. The van der Waals surface area contributed by atoms with E-state index in [0.29, 0.717) is 6.42 Å². The molecule has 0 spiro atoms. The van der Waals surface area contributed by atoms with Gasteiger partial charge in [0, 0.05) is 6.42 Å². The van der Waals surface area contributed by atoms with E-state index in [1.54, 1.807) is 6.08 Å². The fourth-order valence-electron chi connectivity index (χ4n) is 7.10. The highest BCUT2D eigenvalue weighted by Crippen LogP contribution is 2.22. The Kier molecular flexibility index (Phi) is 35.8. The number of unbranched alkanes of at least 4 members (excludes halogenated alkanes) is 23. The molecule has 1 rings (SSSR count). The summed E-state index contributed by atoms with van der Waals surface area (Å²) < 4.78 is 11.2. The van der Waals surface area contributed by atoms with Crippen LogP contribution in [0.1, 0.15) is 194 Å². The number of carbonyl (C=O) groups is 1. The van der Waals surface area contributed by atoms with E-state index in [-0.39, 0.29) is 12.5 Å². The van der Waals surface area contributed by atoms with E-state index in [1.165, 1.54) is 109 Å². The van der Waals surface area contributed by atoms with Crippen molar-refractivity contribution in [2.45, 2.75) is 236 Å². The van der Waals surface area contributed by atoms with Gasteiger partial charge in [-0.2, -0.15) is 0 Å². The lowest BCUT2D eigenvalue weighted by Gasteiger charge is -2.40. The number of aliphatic hydroxyl groups excluding tert-OH is 5. The first kappa shape index (κ1) is 53.2. The number of nitrogens with one attached hydrogen (secondary N) is 1. The minimum Gasteiger partial charge on any atom is -0.394 e. The lowest BCUT2D eigenvalue weighted by Crippen LogP contribution is -2.60. The van der Waals surface area contributed by atoms with E-state index in [2.05, 4.69) is 55.6 Å². The molecule has 0 bridgehead atoms. The Labute approximate surface area is 348 Å². The summed E-state index contributed by atoms with van der Waals surface area (Å²) in [7, 11) is 0. The van der Waals surface area contributed by atoms with E-state index >= 15 is 0 Å². The number of hydrogen-bond donors (Lipinski definition) is 6. The minimum atomic E-state index is -1.57. The average Bonchev–Trinajstić information content (AvgIpc) is 3.21. The molecule has 0 aromatic carbocycles. The van der Waals surface area contributed by atoms with Gasteiger partial charge in [-0.05, 0) is 57.8 Å². The molecule has 9 nitrogen and oxygen atoms in total. The molecule has 1 aliphatic heterocycles. The molecule has 9 heteroatoms. The molecule has 1 aliphatic rings. The summed E-state index contributed by atoms with van der Waals surface area (Å²) in [5, 5.41) is 54.2. The maximum Gasteiger partial charge on any atom is 0.220 e. The SMILES string of the molecule is CCCCC/C=C\C=C/CCCCCCCCC(=O)NC(COC1OC(CO)C(O)C(O)C1O)C(O)/C=C/CC/C=C/CCCCCCCCCCCCCCC. The molecule has 1 saturated heterocycles. The van der Waals surface area contributed by atoms with Crippen molar-refractivity contribution in [2.75, 3.05) is 13.2 Å². The number of amides is 1. The first-order valence-corrected chi connectivity index (χ1v) is 23.4. The van der Waals surface area contributed by atoms with Crippen molar-refractivity contribution in [1.82, 2.24) is 5.32 Å². The van der Waals surface area contributed by atoms with Crippen LogP contribution in [0, 0.1) is 0 Å². The fraction of sp³-hybridized carbons (Fsp3) is 0.812. The number of ether oxygens (including phenoxy) is 2. The van der Waals surface area contributed by atoms with Crippen LogP contribution in [0.15, 0.2) is 48.6 Å². The van der Waals surface area contributed by atoms with E-state index in [1.807, 2.05) is 6.08 Å². The zero-order valence-electron chi connectivity index (χ0n) is 36.3. The lowest BCUT2D eigenvalue weighted by molar-refractivity contribution is -0.302. The van der Waals surface area contributed by atoms with E-state index in [4.69, 9.17) is 9.47 Å². The van der Waals surface area contributed by atoms with E-state index in [0.717, 1.165) is 64.2 Å². The topological polar surface area (TPSA) is 149 Å². The van der Waals surface area contributed by atoms with Gasteiger partial charge in [-0.1, -0.05) is 178 Å². The van der Waals surface area contributed by atoms with Crippen molar-refractivity contribution >= 4 is 5.91 Å². The molecule has 1 heterocycles. The molecular weight excluding hydrogens is 719 g/mol. The summed E-state index contributed by atoms with van der Waals surface area (Å²) in [6.07, 6.45) is 41.5. The average molecular weight is 806 g/mol. The van der Waals surface area contributed by atoms with E-state index in [9.17, 15) is 30.3 Å². The monoisotopic (exact) mass is 806 g/mol. The largest absolute Gasteiger partial charge is 0.394 e. The zero-order valence-corrected chi connectivity index (χ0v) is 36.3. The third-order valence-corrected chi connectivity index (χ3v) is 10.9. The molecule has 0 aliphatic carbocycles. The van der Waals surface area contributed by atoms with Gasteiger partial charge in [0.25, 0.3) is 0 Å². The van der Waals surface area contributed by atoms with Gasteiger partial charge in [-0.25, -0.2) is 0 Å². The van der Waals surface area contributed by atoms with Crippen LogP contribution in [0.2, 0.25) is 0 Å². The highest BCUT2D eigenvalue weighted by Gasteiger charge is 2.44. The second-order valence-electron chi connectivity index (χ2n) is 16.2. The van der Waals surface area contributed by atoms with Gasteiger partial charge in [-0.15, -0.1) is 0 Å². The first-order chi connectivity index (χ1) is 27.8. The number of rotatable bonds is 38. The third kappa shape index (κ3) is 29.1. The van der Waals surface area contributed by atoms with Crippen molar-refractivity contribution in [3.8, 4) is 0 Å². The van der Waals surface area contributed by atoms with Crippen LogP contribution < -0.4 is 5.32 Å². The predicted octanol–water partition coefficient (Wildman–Crippen LogP) is 9.84. The third-order valence-electron chi connectivity index (χ3n) is 10.9. The summed E-state index contributed by atoms with van der Waals surface area (Å²) >= 11 is 0. The summed E-state index contributed by atoms with van der Waals surface area (Å²) in [6.45, 7) is 3.71. The molecule has 1 amide bonds. The van der Waals surface area contributed by atoms with Gasteiger partial charge < -0.3 is 40.3 Å². The normalized spacial score (nSPS) is 21.4. The Bertz CT molecular complexity index is 1030. The first-order valence-electron chi connectivity index (χ1n) is 23.4. The Morgan fingerprint density at radius 1 is 0.596 bits per heavy atom. The van der Waals surface area contributed by atoms with Crippen molar-refractivity contribution in [2.24, 2.45) is 0 Å². The van der Waals surface area contributed by atoms with Gasteiger partial charge in [0.2, 0.25) is 5.91 Å². The van der Waals surface area contributed by atoms with E-state index < -0.39 is 49.5 Å². The van der Waals surface area contributed by atoms with Crippen molar-refractivity contribution < 1.29 is 39.8 Å². The maximum absolute atomic E-state index is 12.9. The molecule has 57 heavy (non-hydrogen) atoms. The standard InChI is InChI=1S/C48H87NO8/c1-3-5-7-9-11-13-15-17-19-20-21-22-24-25-27-29-31-33-35-37-42(51)41(40-56-48-47(55)46(54)45(53)43(39-50)57-48)49-44(52)38-36-34-32-30-28-26-23-18-16-14-12-10-8-6-4-2/h12,14,16,18,27,29,35,37,41-43,45-48,50-51,53-55H,3-11,13,15,17,19-26,28,30-34,36,38-40H2,1-2H3,(H,49,52)/b14-12-,18-16-,29-27+,37-35+. The molecular formula is C48H87NO8. The van der Waals surface area contributed by atoms with Crippen LogP contribution in [0.3, 0.4) is 0 Å². The molecule has 332 valence electrons. The molecule has 0 aromatic rings. The molecule has 0 radical (unpaired) electrons. The molecule has 7 unspecified atom stereocenters. The fourth-order valence-corrected chi connectivity index (χ4v) is 7.10. The zero-order chi connectivity index (χ0) is 41.6. The number of allylic oxidation sites excluding steroid dienone is 7. The Balaban J connectivity index is 2.39. The van der Waals surface area contributed by atoms with Gasteiger partial charge in [-0.3, -0.25) is 4.79 Å². The van der Waals surface area contributed by atoms with Crippen molar-refractivity contribution in [3.05, 3.63) is 48.6 Å². The second-order valence-corrected chi connectivity index (χ2v) is 16.2. The molecule has 0 aromatic heterocycles. The van der Waals surface area contributed by atoms with Crippen LogP contribution in [0.4, 0.5) is 0 Å². The van der Waals surface area contributed by atoms with Gasteiger partial charge in [0.1, 0.15) is 24.4 Å². The summed E-state index contributed by atoms with van der Waals surface area (Å²) in [5.41, 5.74) is 0. The quantitative estimate of drug-likeness (QED) is 0.0205. The summed E-state index contributed by atoms with van der Waals surface area (Å²) in [4.78, 5) is 12.9. The van der Waals surface area contributed by atoms with Crippen LogP contribution in [0.25, 0.3) is 0 Å². The summed E-state index contributed by atoms with van der Waals surface area (Å²) in [6, 6.07) is -0.827. The van der Waals surface area contributed by atoms with Crippen LogP contribution in [0.5, 0.6) is 0 Å². The Morgan fingerprint density at radius 2 is 1.05 bits per heavy atom.